The quantitative estimate of drug-likeness (QED) is 0.732. The number of hydrogen-bond acceptors (Lipinski definition) is 3. The second-order valence-electron chi connectivity index (χ2n) is 8.19. The summed E-state index contributed by atoms with van der Waals surface area (Å²) in [6.07, 6.45) is 2.39. The van der Waals surface area contributed by atoms with Gasteiger partial charge in [-0.05, 0) is 62.5 Å². The summed E-state index contributed by atoms with van der Waals surface area (Å²) < 4.78 is 5.24. The van der Waals surface area contributed by atoms with Gasteiger partial charge in [0.05, 0.1) is 7.11 Å². The van der Waals surface area contributed by atoms with Gasteiger partial charge in [0.2, 0.25) is 0 Å². The van der Waals surface area contributed by atoms with Crippen molar-refractivity contribution in [3.8, 4) is 5.75 Å². The van der Waals surface area contributed by atoms with Crippen molar-refractivity contribution < 1.29 is 4.74 Å². The second-order valence-corrected chi connectivity index (χ2v) is 8.19. The Balaban J connectivity index is 1.67. The van der Waals surface area contributed by atoms with Gasteiger partial charge >= 0.3 is 0 Å². The molecule has 0 unspecified atom stereocenters. The van der Waals surface area contributed by atoms with Gasteiger partial charge in [0.15, 0.2) is 0 Å². The predicted molar refractivity (Wildman–Crippen MR) is 113 cm³/mol. The molecule has 1 fully saturated rings. The number of nitrogens with one attached hydrogen (secondary N) is 1. The topological polar surface area (TPSA) is 24.5 Å². The van der Waals surface area contributed by atoms with Crippen LogP contribution in [0.5, 0.6) is 5.75 Å². The van der Waals surface area contributed by atoms with Crippen LogP contribution in [0.1, 0.15) is 37.8 Å². The number of nitrogens with zero attached hydrogens (tertiary/aromatic N) is 1. The van der Waals surface area contributed by atoms with E-state index in [-0.39, 0.29) is 5.41 Å². The number of hydrogen-bond donors (Lipinski definition) is 1. The van der Waals surface area contributed by atoms with Crippen LogP contribution in [0, 0.1) is 5.92 Å². The van der Waals surface area contributed by atoms with E-state index in [0.717, 1.165) is 25.4 Å². The van der Waals surface area contributed by atoms with Crippen LogP contribution < -0.4 is 10.1 Å². The summed E-state index contributed by atoms with van der Waals surface area (Å²) >= 11 is 0. The van der Waals surface area contributed by atoms with Crippen molar-refractivity contribution in [1.29, 1.82) is 0 Å². The molecular weight excluding hydrogens is 332 g/mol. The fourth-order valence-electron chi connectivity index (χ4n) is 4.62. The van der Waals surface area contributed by atoms with Crippen molar-refractivity contribution >= 4 is 0 Å². The number of methoxy groups -OCH3 is 1. The van der Waals surface area contributed by atoms with Crippen LogP contribution in [-0.2, 0) is 12.0 Å². The highest BCUT2D eigenvalue weighted by Crippen LogP contribution is 2.44. The lowest BCUT2D eigenvalue weighted by Crippen LogP contribution is -2.52. The maximum Gasteiger partial charge on any atom is 0.118 e. The van der Waals surface area contributed by atoms with E-state index < -0.39 is 0 Å². The van der Waals surface area contributed by atoms with Crippen LogP contribution in [0.4, 0.5) is 0 Å². The normalized spacial score (nSPS) is 26.1. The monoisotopic (exact) mass is 366 g/mol. The van der Waals surface area contributed by atoms with Gasteiger partial charge in [-0.15, -0.1) is 0 Å². The van der Waals surface area contributed by atoms with Gasteiger partial charge in [-0.25, -0.2) is 0 Å². The Hall–Kier alpha value is -1.84. The van der Waals surface area contributed by atoms with Crippen molar-refractivity contribution in [3.05, 3.63) is 65.7 Å². The molecule has 27 heavy (non-hydrogen) atoms. The Morgan fingerprint density at radius 3 is 2.44 bits per heavy atom. The molecule has 3 rings (SSSR count). The summed E-state index contributed by atoms with van der Waals surface area (Å²) in [5.41, 5.74) is 3.05. The molecule has 0 spiro atoms. The summed E-state index contributed by atoms with van der Waals surface area (Å²) in [4.78, 5) is 2.51. The lowest BCUT2D eigenvalue weighted by molar-refractivity contribution is 0.0689. The Kier molecular flexibility index (Phi) is 6.56. The molecule has 1 saturated heterocycles. The molecule has 1 aliphatic heterocycles. The number of likely N-dealkylation sites (tertiary alicyclic amines) is 1. The molecule has 1 aliphatic rings. The highest BCUT2D eigenvalue weighted by atomic mass is 16.5. The van der Waals surface area contributed by atoms with Gasteiger partial charge in [-0.2, -0.15) is 0 Å². The molecule has 1 N–H and O–H groups in total. The number of rotatable bonds is 7. The highest BCUT2D eigenvalue weighted by Gasteiger charge is 2.43. The lowest BCUT2D eigenvalue weighted by Gasteiger charge is -2.50. The van der Waals surface area contributed by atoms with Crippen molar-refractivity contribution in [2.75, 3.05) is 27.2 Å². The van der Waals surface area contributed by atoms with Crippen molar-refractivity contribution in [2.24, 2.45) is 5.92 Å². The van der Waals surface area contributed by atoms with Crippen molar-refractivity contribution in [2.45, 2.75) is 44.7 Å². The zero-order valence-electron chi connectivity index (χ0n) is 17.2. The molecule has 3 atom stereocenters. The summed E-state index contributed by atoms with van der Waals surface area (Å²) in [6.45, 7) is 7.89. The van der Waals surface area contributed by atoms with E-state index in [2.05, 4.69) is 73.6 Å². The van der Waals surface area contributed by atoms with E-state index in [1.165, 1.54) is 24.0 Å². The van der Waals surface area contributed by atoms with Crippen molar-refractivity contribution in [1.82, 2.24) is 10.2 Å². The minimum atomic E-state index is 0.250. The maximum absolute atomic E-state index is 5.24. The summed E-state index contributed by atoms with van der Waals surface area (Å²) in [5, 5.41) is 3.67. The number of piperidine rings is 1. The van der Waals surface area contributed by atoms with E-state index >= 15 is 0 Å². The molecule has 0 aliphatic carbocycles. The summed E-state index contributed by atoms with van der Waals surface area (Å²) in [7, 11) is 3.97. The Morgan fingerprint density at radius 2 is 1.78 bits per heavy atom. The summed E-state index contributed by atoms with van der Waals surface area (Å²) in [5.74, 6) is 1.56. The van der Waals surface area contributed by atoms with Gasteiger partial charge in [0.1, 0.15) is 5.75 Å². The smallest absolute Gasteiger partial charge is 0.118 e. The Bertz CT molecular complexity index is 700. The zero-order chi connectivity index (χ0) is 19.3. The second kappa shape index (κ2) is 8.90. The standard InChI is InChI=1S/C24H34N2O/c1-19-18-26(3)20(2)16-24(19,22-8-6-5-7-9-22)14-15-25-17-21-10-12-23(27-4)13-11-21/h5-13,19-20,25H,14-18H2,1-4H3/t19-,20-,24-/m0/s1. The first kappa shape index (κ1) is 19.9. The van der Waals surface area contributed by atoms with E-state index in [4.69, 9.17) is 4.74 Å². The zero-order valence-corrected chi connectivity index (χ0v) is 17.2. The molecule has 0 amide bonds. The van der Waals surface area contributed by atoms with Gasteiger partial charge in [0.25, 0.3) is 0 Å². The van der Waals surface area contributed by atoms with Gasteiger partial charge in [-0.3, -0.25) is 0 Å². The van der Waals surface area contributed by atoms with Crippen LogP contribution in [0.15, 0.2) is 54.6 Å². The molecule has 0 aromatic heterocycles. The van der Waals surface area contributed by atoms with E-state index in [1.54, 1.807) is 7.11 Å². The minimum absolute atomic E-state index is 0.250. The molecule has 0 radical (unpaired) electrons. The predicted octanol–water partition coefficient (Wildman–Crippen LogP) is 4.47. The van der Waals surface area contributed by atoms with Crippen LogP contribution in [0.25, 0.3) is 0 Å². The molecule has 2 aromatic rings. The first-order chi connectivity index (χ1) is 13.0. The highest BCUT2D eigenvalue weighted by molar-refractivity contribution is 5.29. The molecule has 0 bridgehead atoms. The van der Waals surface area contributed by atoms with E-state index in [9.17, 15) is 0 Å². The molecule has 3 nitrogen and oxygen atoms in total. The average Bonchev–Trinajstić information content (AvgIpc) is 2.70. The van der Waals surface area contributed by atoms with Crippen LogP contribution in [0.2, 0.25) is 0 Å². The maximum atomic E-state index is 5.24. The SMILES string of the molecule is COc1ccc(CNCC[C@]2(c3ccccc3)C[C@H](C)N(C)C[C@@H]2C)cc1. The molecule has 2 aromatic carbocycles. The molecule has 3 heteroatoms. The third-order valence-corrected chi connectivity index (χ3v) is 6.50. The minimum Gasteiger partial charge on any atom is -0.497 e. The van der Waals surface area contributed by atoms with Crippen LogP contribution >= 0.6 is 0 Å². The largest absolute Gasteiger partial charge is 0.497 e. The first-order valence-corrected chi connectivity index (χ1v) is 10.1. The number of ether oxygens (including phenoxy) is 1. The van der Waals surface area contributed by atoms with Crippen molar-refractivity contribution in [3.63, 3.8) is 0 Å². The van der Waals surface area contributed by atoms with Gasteiger partial charge in [0, 0.05) is 24.5 Å². The summed E-state index contributed by atoms with van der Waals surface area (Å²) in [6, 6.07) is 20.1. The fourth-order valence-corrected chi connectivity index (χ4v) is 4.62. The third kappa shape index (κ3) is 4.53. The fraction of sp³-hybridized carbons (Fsp3) is 0.500. The van der Waals surface area contributed by atoms with Crippen LogP contribution in [0.3, 0.4) is 0 Å². The Labute approximate surface area is 164 Å². The van der Waals surface area contributed by atoms with Gasteiger partial charge in [-0.1, -0.05) is 49.4 Å². The lowest BCUT2D eigenvalue weighted by atomic mass is 9.63. The molecular formula is C24H34N2O. The molecule has 0 saturated carbocycles. The Morgan fingerprint density at radius 1 is 1.07 bits per heavy atom. The molecule has 146 valence electrons. The van der Waals surface area contributed by atoms with Crippen LogP contribution in [-0.4, -0.2) is 38.2 Å². The van der Waals surface area contributed by atoms with Gasteiger partial charge < -0.3 is 15.0 Å². The number of benzene rings is 2. The van der Waals surface area contributed by atoms with E-state index in [1.807, 2.05) is 12.1 Å². The average molecular weight is 367 g/mol. The third-order valence-electron chi connectivity index (χ3n) is 6.50. The van der Waals surface area contributed by atoms with E-state index in [0.29, 0.717) is 12.0 Å². The first-order valence-electron chi connectivity index (χ1n) is 10.1. The molecule has 1 heterocycles.